The van der Waals surface area contributed by atoms with Crippen LogP contribution in [-0.4, -0.2) is 33.2 Å². The number of hydrogen-bond donors (Lipinski definition) is 1. The molecule has 17 heavy (non-hydrogen) atoms. The summed E-state index contributed by atoms with van der Waals surface area (Å²) in [5, 5.41) is 4.02. The van der Waals surface area contributed by atoms with Crippen LogP contribution >= 0.6 is 0 Å². The van der Waals surface area contributed by atoms with Crippen molar-refractivity contribution in [3.05, 3.63) is 11.9 Å². The third-order valence-electron chi connectivity index (χ3n) is 3.21. The quantitative estimate of drug-likeness (QED) is 0.856. The van der Waals surface area contributed by atoms with E-state index < -0.39 is 0 Å². The largest absolute Gasteiger partial charge is 0.396 e. The molecule has 0 unspecified atom stereocenters. The lowest BCUT2D eigenvalue weighted by atomic mass is 10.2. The molecule has 0 bridgehead atoms. The Labute approximate surface area is 102 Å². The molecule has 1 aromatic heterocycles. The summed E-state index contributed by atoms with van der Waals surface area (Å²) in [7, 11) is 1.75. The van der Waals surface area contributed by atoms with E-state index in [-0.39, 0.29) is 11.9 Å². The average Bonchev–Trinajstić information content (AvgIpc) is 3.01. The highest BCUT2D eigenvalue weighted by Crippen LogP contribution is 2.31. The summed E-state index contributed by atoms with van der Waals surface area (Å²) in [6, 6.07) is 0.192. The van der Waals surface area contributed by atoms with Crippen LogP contribution in [0.25, 0.3) is 0 Å². The molecule has 1 aromatic rings. The summed E-state index contributed by atoms with van der Waals surface area (Å²) in [6.07, 6.45) is 4.00. The number of nitrogen functional groups attached to an aromatic ring is 1. The number of aromatic nitrogens is 2. The minimum Gasteiger partial charge on any atom is -0.396 e. The number of hydrogen-bond acceptors (Lipinski definition) is 3. The van der Waals surface area contributed by atoms with Crippen LogP contribution in [0.2, 0.25) is 0 Å². The maximum atomic E-state index is 12.4. The highest BCUT2D eigenvalue weighted by Gasteiger charge is 2.30. The lowest BCUT2D eigenvalue weighted by molar-refractivity contribution is 0.0686. The first-order chi connectivity index (χ1) is 8.00. The second kappa shape index (κ2) is 4.39. The molecule has 0 atom stereocenters. The van der Waals surface area contributed by atoms with Crippen molar-refractivity contribution in [1.29, 1.82) is 0 Å². The molecule has 5 nitrogen and oxygen atoms in total. The molecule has 0 saturated heterocycles. The summed E-state index contributed by atoms with van der Waals surface area (Å²) < 4.78 is 1.56. The Kier molecular flexibility index (Phi) is 3.09. The lowest BCUT2D eigenvalue weighted by Gasteiger charge is -2.27. The molecule has 0 aromatic carbocycles. The van der Waals surface area contributed by atoms with Crippen molar-refractivity contribution in [2.45, 2.75) is 32.7 Å². The Morgan fingerprint density at radius 1 is 1.65 bits per heavy atom. The molecule has 0 radical (unpaired) electrons. The summed E-state index contributed by atoms with van der Waals surface area (Å²) >= 11 is 0. The summed E-state index contributed by atoms with van der Waals surface area (Å²) in [5.74, 6) is 0.667. The van der Waals surface area contributed by atoms with Gasteiger partial charge in [-0.3, -0.25) is 9.48 Å². The fourth-order valence-corrected chi connectivity index (χ4v) is 1.96. The van der Waals surface area contributed by atoms with Gasteiger partial charge in [-0.1, -0.05) is 0 Å². The van der Waals surface area contributed by atoms with Crippen LogP contribution in [-0.2, 0) is 7.05 Å². The first-order valence-corrected chi connectivity index (χ1v) is 6.09. The number of aryl methyl sites for hydroxylation is 1. The van der Waals surface area contributed by atoms with Crippen LogP contribution < -0.4 is 5.73 Å². The third kappa shape index (κ3) is 2.43. The van der Waals surface area contributed by atoms with Crippen LogP contribution in [0.4, 0.5) is 5.69 Å². The molecule has 1 heterocycles. The highest BCUT2D eigenvalue weighted by molar-refractivity contribution is 5.97. The van der Waals surface area contributed by atoms with Gasteiger partial charge in [-0.15, -0.1) is 0 Å². The van der Waals surface area contributed by atoms with E-state index in [1.165, 1.54) is 19.0 Å². The van der Waals surface area contributed by atoms with E-state index in [9.17, 15) is 4.79 Å². The Morgan fingerprint density at radius 3 is 2.71 bits per heavy atom. The van der Waals surface area contributed by atoms with E-state index in [2.05, 4.69) is 5.10 Å². The molecule has 0 aliphatic heterocycles. The van der Waals surface area contributed by atoms with E-state index >= 15 is 0 Å². The molecule has 1 fully saturated rings. The van der Waals surface area contributed by atoms with Gasteiger partial charge in [-0.2, -0.15) is 5.10 Å². The van der Waals surface area contributed by atoms with Gasteiger partial charge in [0.05, 0.1) is 11.9 Å². The molecule has 0 spiro atoms. The monoisotopic (exact) mass is 236 g/mol. The summed E-state index contributed by atoms with van der Waals surface area (Å²) in [5.41, 5.74) is 6.75. The predicted molar refractivity (Wildman–Crippen MR) is 66.5 cm³/mol. The SMILES string of the molecule is CC(C)N(CC1CC1)C(=O)c1c(N)cnn1C. The highest BCUT2D eigenvalue weighted by atomic mass is 16.2. The van der Waals surface area contributed by atoms with Crippen LogP contribution in [0.1, 0.15) is 37.2 Å². The predicted octanol–water partition coefficient (Wildman–Crippen LogP) is 1.26. The van der Waals surface area contributed by atoms with Gasteiger partial charge in [-0.25, -0.2) is 0 Å². The van der Waals surface area contributed by atoms with Gasteiger partial charge < -0.3 is 10.6 Å². The molecule has 1 aliphatic carbocycles. The van der Waals surface area contributed by atoms with Crippen molar-refractivity contribution < 1.29 is 4.79 Å². The molecule has 1 saturated carbocycles. The second-order valence-electron chi connectivity index (χ2n) is 5.07. The fourth-order valence-electron chi connectivity index (χ4n) is 1.96. The smallest absolute Gasteiger partial charge is 0.274 e. The third-order valence-corrected chi connectivity index (χ3v) is 3.21. The maximum absolute atomic E-state index is 12.4. The van der Waals surface area contributed by atoms with E-state index in [1.807, 2.05) is 18.7 Å². The zero-order valence-corrected chi connectivity index (χ0v) is 10.7. The van der Waals surface area contributed by atoms with Crippen molar-refractivity contribution in [1.82, 2.24) is 14.7 Å². The zero-order valence-electron chi connectivity index (χ0n) is 10.7. The van der Waals surface area contributed by atoms with Crippen LogP contribution in [0.5, 0.6) is 0 Å². The molecule has 1 aliphatic rings. The average molecular weight is 236 g/mol. The van der Waals surface area contributed by atoms with Crippen molar-refractivity contribution >= 4 is 11.6 Å². The van der Waals surface area contributed by atoms with E-state index in [1.54, 1.807) is 11.7 Å². The first-order valence-electron chi connectivity index (χ1n) is 6.09. The fraction of sp³-hybridized carbons (Fsp3) is 0.667. The first kappa shape index (κ1) is 12.0. The Morgan fingerprint density at radius 2 is 2.29 bits per heavy atom. The van der Waals surface area contributed by atoms with E-state index in [4.69, 9.17) is 5.73 Å². The number of amides is 1. The normalized spacial score (nSPS) is 15.3. The minimum atomic E-state index is -0.00981. The lowest BCUT2D eigenvalue weighted by Crippen LogP contribution is -2.39. The molecule has 94 valence electrons. The Bertz CT molecular complexity index is 401. The standard InChI is InChI=1S/C12H20N4O/c1-8(2)16(7-9-4-5-9)12(17)11-10(13)6-14-15(11)3/h6,8-9H,4-5,7,13H2,1-3H3. The zero-order chi connectivity index (χ0) is 12.6. The van der Waals surface area contributed by atoms with Gasteiger partial charge in [0, 0.05) is 19.6 Å². The van der Waals surface area contributed by atoms with Crippen LogP contribution in [0.15, 0.2) is 6.20 Å². The molecule has 1 amide bonds. The molecular formula is C12H20N4O. The number of nitrogens with two attached hydrogens (primary N) is 1. The van der Waals surface area contributed by atoms with Gasteiger partial charge in [-0.05, 0) is 32.6 Å². The molecule has 2 N–H and O–H groups in total. The maximum Gasteiger partial charge on any atom is 0.274 e. The minimum absolute atomic E-state index is 0.00981. The van der Waals surface area contributed by atoms with Gasteiger partial charge in [0.25, 0.3) is 5.91 Å². The van der Waals surface area contributed by atoms with E-state index in [0.29, 0.717) is 17.3 Å². The second-order valence-corrected chi connectivity index (χ2v) is 5.07. The van der Waals surface area contributed by atoms with Gasteiger partial charge in [0.15, 0.2) is 0 Å². The van der Waals surface area contributed by atoms with E-state index in [0.717, 1.165) is 6.54 Å². The van der Waals surface area contributed by atoms with Crippen molar-refractivity contribution in [3.63, 3.8) is 0 Å². The van der Waals surface area contributed by atoms with Gasteiger partial charge >= 0.3 is 0 Å². The Balaban J connectivity index is 2.20. The number of nitrogens with zero attached hydrogens (tertiary/aromatic N) is 3. The summed E-state index contributed by atoms with van der Waals surface area (Å²) in [6.45, 7) is 4.90. The summed E-state index contributed by atoms with van der Waals surface area (Å²) in [4.78, 5) is 14.3. The number of carbonyl (C=O) groups excluding carboxylic acids is 1. The van der Waals surface area contributed by atoms with Crippen molar-refractivity contribution in [3.8, 4) is 0 Å². The molecular weight excluding hydrogens is 216 g/mol. The molecule has 2 rings (SSSR count). The van der Waals surface area contributed by atoms with Gasteiger partial charge in [0.2, 0.25) is 0 Å². The molecule has 5 heteroatoms. The number of rotatable bonds is 4. The van der Waals surface area contributed by atoms with Crippen molar-refractivity contribution in [2.75, 3.05) is 12.3 Å². The number of carbonyl (C=O) groups is 1. The van der Waals surface area contributed by atoms with Crippen molar-refractivity contribution in [2.24, 2.45) is 13.0 Å². The van der Waals surface area contributed by atoms with Crippen LogP contribution in [0, 0.1) is 5.92 Å². The Hall–Kier alpha value is -1.52. The topological polar surface area (TPSA) is 64.2 Å². The van der Waals surface area contributed by atoms with Crippen LogP contribution in [0.3, 0.4) is 0 Å². The number of anilines is 1. The van der Waals surface area contributed by atoms with Gasteiger partial charge in [0.1, 0.15) is 5.69 Å².